The van der Waals surface area contributed by atoms with E-state index in [0.29, 0.717) is 16.2 Å². The number of carbonyl (C=O) groups is 3. The van der Waals surface area contributed by atoms with Crippen molar-refractivity contribution in [3.05, 3.63) is 104 Å². The zero-order valence-electron chi connectivity index (χ0n) is 17.1. The minimum atomic E-state index is -0.439. The summed E-state index contributed by atoms with van der Waals surface area (Å²) in [6.45, 7) is 2.15. The topological polar surface area (TPSA) is 63.7 Å². The molecule has 0 radical (unpaired) electrons. The van der Waals surface area contributed by atoms with Gasteiger partial charge in [-0.05, 0) is 66.2 Å². The molecule has 0 aliphatic carbocycles. The molecule has 0 bridgehead atoms. The van der Waals surface area contributed by atoms with Crippen molar-refractivity contribution in [1.29, 1.82) is 0 Å². The van der Waals surface area contributed by atoms with Crippen molar-refractivity contribution in [2.75, 3.05) is 0 Å². The molecule has 32 heavy (non-hydrogen) atoms. The fourth-order valence-electron chi connectivity index (χ4n) is 3.07. The number of rotatable bonds is 5. The number of benzene rings is 3. The summed E-state index contributed by atoms with van der Waals surface area (Å²) in [5.41, 5.74) is 3.12. The number of hydrogen-bond donors (Lipinski definition) is 0. The van der Waals surface area contributed by atoms with Gasteiger partial charge in [0.1, 0.15) is 5.75 Å². The minimum Gasteiger partial charge on any atom is -0.423 e. The Balaban J connectivity index is 1.44. The summed E-state index contributed by atoms with van der Waals surface area (Å²) in [7, 11) is 0. The molecule has 1 heterocycles. The van der Waals surface area contributed by atoms with Crippen LogP contribution in [0.15, 0.2) is 82.2 Å². The Hall–Kier alpha value is -3.16. The summed E-state index contributed by atoms with van der Waals surface area (Å²) in [6.07, 6.45) is 1.66. The number of imide groups is 1. The Morgan fingerprint density at radius 1 is 1.00 bits per heavy atom. The third-order valence-electron chi connectivity index (χ3n) is 4.84. The van der Waals surface area contributed by atoms with Crippen LogP contribution in [-0.2, 0) is 11.3 Å². The maximum Gasteiger partial charge on any atom is 0.343 e. The molecule has 0 saturated carbocycles. The quantitative estimate of drug-likeness (QED) is 0.233. The molecular weight excluding hydrogens is 490 g/mol. The highest BCUT2D eigenvalue weighted by molar-refractivity contribution is 9.10. The molecule has 3 aromatic carbocycles. The molecule has 1 fully saturated rings. The molecule has 1 aliphatic heterocycles. The number of esters is 1. The summed E-state index contributed by atoms with van der Waals surface area (Å²) < 4.78 is 6.25. The average Bonchev–Trinajstić information content (AvgIpc) is 3.04. The molecule has 7 heteroatoms. The molecule has 0 unspecified atom stereocenters. The predicted molar refractivity (Wildman–Crippen MR) is 128 cm³/mol. The molecule has 3 aromatic rings. The van der Waals surface area contributed by atoms with Gasteiger partial charge >= 0.3 is 5.97 Å². The Morgan fingerprint density at radius 3 is 2.38 bits per heavy atom. The monoisotopic (exact) mass is 507 g/mol. The van der Waals surface area contributed by atoms with Gasteiger partial charge in [0.05, 0.1) is 17.0 Å². The van der Waals surface area contributed by atoms with E-state index < -0.39 is 5.97 Å². The van der Waals surface area contributed by atoms with E-state index in [1.54, 1.807) is 42.5 Å². The zero-order valence-corrected chi connectivity index (χ0v) is 19.5. The normalized spacial score (nSPS) is 14.8. The smallest absolute Gasteiger partial charge is 0.343 e. The summed E-state index contributed by atoms with van der Waals surface area (Å²) in [6, 6.07) is 21.4. The van der Waals surface area contributed by atoms with Gasteiger partial charge in [-0.3, -0.25) is 14.5 Å². The lowest BCUT2D eigenvalue weighted by atomic mass is 10.1. The van der Waals surface area contributed by atoms with Crippen LogP contribution in [0.1, 0.15) is 27.0 Å². The predicted octanol–water partition coefficient (Wildman–Crippen LogP) is 6.21. The number of nitrogens with zero attached hydrogens (tertiary/aromatic N) is 1. The van der Waals surface area contributed by atoms with Crippen LogP contribution >= 0.6 is 27.7 Å². The van der Waals surface area contributed by atoms with Crippen LogP contribution in [0.5, 0.6) is 5.75 Å². The standard InChI is InChI=1S/C25H18BrNO4S/c1-16-6-10-18(11-7-16)24(29)31-20-12-8-17(9-13-20)14-22-23(28)27(25(30)32-22)15-19-4-2-3-5-21(19)26/h2-14H,15H2,1H3/b22-14-. The average molecular weight is 508 g/mol. The largest absolute Gasteiger partial charge is 0.423 e. The molecule has 0 N–H and O–H groups in total. The highest BCUT2D eigenvalue weighted by atomic mass is 79.9. The number of carbonyl (C=O) groups excluding carboxylic acids is 3. The van der Waals surface area contributed by atoms with Crippen LogP contribution in [0.4, 0.5) is 4.79 Å². The van der Waals surface area contributed by atoms with Crippen molar-refractivity contribution in [1.82, 2.24) is 4.90 Å². The van der Waals surface area contributed by atoms with E-state index in [1.165, 1.54) is 4.90 Å². The second-order valence-electron chi connectivity index (χ2n) is 7.18. The Bertz CT molecular complexity index is 1220. The number of ether oxygens (including phenoxy) is 1. The fourth-order valence-corrected chi connectivity index (χ4v) is 4.32. The number of aryl methyl sites for hydroxylation is 1. The molecule has 0 spiro atoms. The van der Waals surface area contributed by atoms with E-state index in [2.05, 4.69) is 15.9 Å². The van der Waals surface area contributed by atoms with E-state index in [9.17, 15) is 14.4 Å². The summed E-state index contributed by atoms with van der Waals surface area (Å²) in [5.74, 6) is -0.369. The highest BCUT2D eigenvalue weighted by Gasteiger charge is 2.35. The Kier molecular flexibility index (Phi) is 6.58. The van der Waals surface area contributed by atoms with Gasteiger partial charge in [0, 0.05) is 4.47 Å². The number of amides is 2. The molecule has 2 amide bonds. The summed E-state index contributed by atoms with van der Waals surface area (Å²) in [5, 5.41) is -0.305. The SMILES string of the molecule is Cc1ccc(C(=O)Oc2ccc(/C=C3\SC(=O)N(Cc4ccccc4Br)C3=O)cc2)cc1. The second kappa shape index (κ2) is 9.54. The van der Waals surface area contributed by atoms with Crippen molar-refractivity contribution in [3.63, 3.8) is 0 Å². The lowest BCUT2D eigenvalue weighted by molar-refractivity contribution is -0.123. The first-order chi connectivity index (χ1) is 15.4. The molecule has 160 valence electrons. The summed E-state index contributed by atoms with van der Waals surface area (Å²) >= 11 is 4.36. The van der Waals surface area contributed by atoms with Gasteiger partial charge in [-0.25, -0.2) is 4.79 Å². The van der Waals surface area contributed by atoms with Gasteiger partial charge in [-0.1, -0.05) is 64.0 Å². The van der Waals surface area contributed by atoms with Crippen molar-refractivity contribution >= 4 is 50.9 Å². The lowest BCUT2D eigenvalue weighted by Crippen LogP contribution is -2.27. The lowest BCUT2D eigenvalue weighted by Gasteiger charge is -2.13. The maximum atomic E-state index is 12.8. The second-order valence-corrected chi connectivity index (χ2v) is 9.03. The molecular formula is C25H18BrNO4S. The minimum absolute atomic E-state index is 0.206. The first-order valence-corrected chi connectivity index (χ1v) is 11.4. The third kappa shape index (κ3) is 5.00. The van der Waals surface area contributed by atoms with Crippen molar-refractivity contribution < 1.29 is 19.1 Å². The van der Waals surface area contributed by atoms with Crippen LogP contribution in [0.25, 0.3) is 6.08 Å². The summed E-state index contributed by atoms with van der Waals surface area (Å²) in [4.78, 5) is 39.0. The number of thioether (sulfide) groups is 1. The van der Waals surface area contributed by atoms with Crippen LogP contribution in [-0.4, -0.2) is 22.0 Å². The highest BCUT2D eigenvalue weighted by Crippen LogP contribution is 2.34. The first-order valence-electron chi connectivity index (χ1n) is 9.78. The third-order valence-corrected chi connectivity index (χ3v) is 6.52. The van der Waals surface area contributed by atoms with Crippen LogP contribution in [0, 0.1) is 6.92 Å². The Labute approximate surface area is 198 Å². The van der Waals surface area contributed by atoms with E-state index >= 15 is 0 Å². The van der Waals surface area contributed by atoms with E-state index in [4.69, 9.17) is 4.74 Å². The number of halogens is 1. The first kappa shape index (κ1) is 22.0. The van der Waals surface area contributed by atoms with Gasteiger partial charge in [0.15, 0.2) is 0 Å². The van der Waals surface area contributed by atoms with Crippen LogP contribution in [0.2, 0.25) is 0 Å². The van der Waals surface area contributed by atoms with Gasteiger partial charge in [0.25, 0.3) is 11.1 Å². The van der Waals surface area contributed by atoms with E-state index in [-0.39, 0.29) is 17.7 Å². The van der Waals surface area contributed by atoms with Crippen molar-refractivity contribution in [2.24, 2.45) is 0 Å². The van der Waals surface area contributed by atoms with Gasteiger partial charge < -0.3 is 4.74 Å². The van der Waals surface area contributed by atoms with Crippen molar-refractivity contribution in [2.45, 2.75) is 13.5 Å². The van der Waals surface area contributed by atoms with Gasteiger partial charge in [-0.2, -0.15) is 0 Å². The molecule has 4 rings (SSSR count). The van der Waals surface area contributed by atoms with Crippen molar-refractivity contribution in [3.8, 4) is 5.75 Å². The van der Waals surface area contributed by atoms with Crippen LogP contribution < -0.4 is 4.74 Å². The molecule has 1 saturated heterocycles. The zero-order chi connectivity index (χ0) is 22.7. The van der Waals surface area contributed by atoms with Gasteiger partial charge in [-0.15, -0.1) is 0 Å². The van der Waals surface area contributed by atoms with E-state index in [0.717, 1.165) is 32.9 Å². The fraction of sp³-hybridized carbons (Fsp3) is 0.0800. The molecule has 0 aromatic heterocycles. The van der Waals surface area contributed by atoms with Gasteiger partial charge in [0.2, 0.25) is 0 Å². The van der Waals surface area contributed by atoms with Crippen LogP contribution in [0.3, 0.4) is 0 Å². The molecule has 0 atom stereocenters. The maximum absolute atomic E-state index is 12.8. The van der Waals surface area contributed by atoms with E-state index in [1.807, 2.05) is 43.3 Å². The number of hydrogen-bond acceptors (Lipinski definition) is 5. The molecule has 5 nitrogen and oxygen atoms in total. The molecule has 1 aliphatic rings. The Morgan fingerprint density at radius 2 is 1.69 bits per heavy atom.